The van der Waals surface area contributed by atoms with Gasteiger partial charge in [-0.05, 0) is 55.2 Å². The fraction of sp³-hybridized carbons (Fsp3) is 0.250. The van der Waals surface area contributed by atoms with E-state index in [0.717, 1.165) is 0 Å². The summed E-state index contributed by atoms with van der Waals surface area (Å²) in [5.74, 6) is 0. The second-order valence-corrected chi connectivity index (χ2v) is 4.60. The Balaban J connectivity index is 2.52. The van der Waals surface area contributed by atoms with Crippen molar-refractivity contribution in [2.24, 2.45) is 0 Å². The first-order valence-electron chi connectivity index (χ1n) is 5.98. The molecule has 0 bridgehead atoms. The summed E-state index contributed by atoms with van der Waals surface area (Å²) in [6.45, 7) is 6.42. The van der Waals surface area contributed by atoms with Crippen molar-refractivity contribution in [1.29, 1.82) is 0 Å². The zero-order valence-corrected chi connectivity index (χ0v) is 11.0. The molecule has 0 spiro atoms. The molecule has 0 fully saturated rings. The van der Waals surface area contributed by atoms with Gasteiger partial charge >= 0.3 is 0 Å². The molecule has 2 rings (SSSR count). The minimum atomic E-state index is 1.21. The number of rotatable bonds is 2. The van der Waals surface area contributed by atoms with Gasteiger partial charge < -0.3 is 5.32 Å². The van der Waals surface area contributed by atoms with E-state index in [-0.39, 0.29) is 0 Å². The summed E-state index contributed by atoms with van der Waals surface area (Å²) in [6.07, 6.45) is 0. The summed E-state index contributed by atoms with van der Waals surface area (Å²) in [5.41, 5.74) is 7.71. The maximum Gasteiger partial charge on any atom is 0.0370 e. The van der Waals surface area contributed by atoms with Crippen LogP contribution in [0.15, 0.2) is 36.4 Å². The Kier molecular flexibility index (Phi) is 3.19. The van der Waals surface area contributed by atoms with E-state index < -0.39 is 0 Å². The Bertz CT molecular complexity index is 524. The van der Waals surface area contributed by atoms with Gasteiger partial charge in [-0.25, -0.2) is 0 Å². The van der Waals surface area contributed by atoms with Gasteiger partial charge in [-0.15, -0.1) is 0 Å². The lowest BCUT2D eigenvalue weighted by molar-refractivity contribution is 1.35. The standard InChI is InChI=1S/C16H19N/c1-11-5-7-14(8-6-11)15-9-13(3)16(17-4)10-12(15)2/h5-10,17H,1-4H3. The van der Waals surface area contributed by atoms with Crippen LogP contribution >= 0.6 is 0 Å². The van der Waals surface area contributed by atoms with E-state index in [1.54, 1.807) is 0 Å². The van der Waals surface area contributed by atoms with Gasteiger partial charge in [0.25, 0.3) is 0 Å². The fourth-order valence-corrected chi connectivity index (χ4v) is 2.13. The molecule has 1 N–H and O–H groups in total. The second-order valence-electron chi connectivity index (χ2n) is 4.60. The molecule has 2 aromatic rings. The van der Waals surface area contributed by atoms with Crippen molar-refractivity contribution in [2.75, 3.05) is 12.4 Å². The predicted molar refractivity (Wildman–Crippen MR) is 75.6 cm³/mol. The summed E-state index contributed by atoms with van der Waals surface area (Å²) < 4.78 is 0. The molecule has 0 radical (unpaired) electrons. The van der Waals surface area contributed by atoms with Crippen molar-refractivity contribution < 1.29 is 0 Å². The molecule has 0 aliphatic rings. The van der Waals surface area contributed by atoms with Crippen LogP contribution in [0.4, 0.5) is 5.69 Å². The first kappa shape index (κ1) is 11.7. The van der Waals surface area contributed by atoms with E-state index in [1.165, 1.54) is 33.5 Å². The van der Waals surface area contributed by atoms with Crippen LogP contribution in [0.5, 0.6) is 0 Å². The zero-order valence-electron chi connectivity index (χ0n) is 11.0. The van der Waals surface area contributed by atoms with Crippen molar-refractivity contribution in [3.8, 4) is 11.1 Å². The largest absolute Gasteiger partial charge is 0.388 e. The van der Waals surface area contributed by atoms with Crippen molar-refractivity contribution in [3.05, 3.63) is 53.1 Å². The Morgan fingerprint density at radius 2 is 1.47 bits per heavy atom. The van der Waals surface area contributed by atoms with Crippen LogP contribution in [0, 0.1) is 20.8 Å². The van der Waals surface area contributed by atoms with Gasteiger partial charge in [0.15, 0.2) is 0 Å². The molecule has 0 saturated carbocycles. The van der Waals surface area contributed by atoms with Crippen molar-refractivity contribution in [2.45, 2.75) is 20.8 Å². The topological polar surface area (TPSA) is 12.0 Å². The molecule has 0 aliphatic heterocycles. The third-order valence-electron chi connectivity index (χ3n) is 3.20. The highest BCUT2D eigenvalue weighted by Gasteiger charge is 2.05. The van der Waals surface area contributed by atoms with Crippen LogP contribution in [0.25, 0.3) is 11.1 Å². The Morgan fingerprint density at radius 1 is 0.824 bits per heavy atom. The van der Waals surface area contributed by atoms with E-state index in [4.69, 9.17) is 0 Å². The van der Waals surface area contributed by atoms with Crippen LogP contribution in [0.3, 0.4) is 0 Å². The summed E-state index contributed by atoms with van der Waals surface area (Å²) >= 11 is 0. The number of aryl methyl sites for hydroxylation is 3. The third kappa shape index (κ3) is 2.33. The highest BCUT2D eigenvalue weighted by molar-refractivity contribution is 5.72. The van der Waals surface area contributed by atoms with Crippen molar-refractivity contribution >= 4 is 5.69 Å². The summed E-state index contributed by atoms with van der Waals surface area (Å²) in [7, 11) is 1.97. The average molecular weight is 225 g/mol. The monoisotopic (exact) mass is 225 g/mol. The van der Waals surface area contributed by atoms with Gasteiger partial charge in [0.05, 0.1) is 0 Å². The highest BCUT2D eigenvalue weighted by atomic mass is 14.8. The minimum absolute atomic E-state index is 1.21. The summed E-state index contributed by atoms with van der Waals surface area (Å²) in [5, 5.41) is 3.22. The first-order chi connectivity index (χ1) is 8.11. The molecule has 0 saturated heterocycles. The molecule has 0 atom stereocenters. The van der Waals surface area contributed by atoms with Crippen molar-refractivity contribution in [3.63, 3.8) is 0 Å². The van der Waals surface area contributed by atoms with Crippen LogP contribution in [-0.2, 0) is 0 Å². The smallest absolute Gasteiger partial charge is 0.0370 e. The van der Waals surface area contributed by atoms with E-state index in [0.29, 0.717) is 0 Å². The average Bonchev–Trinajstić information content (AvgIpc) is 2.33. The molecule has 1 nitrogen and oxygen atoms in total. The predicted octanol–water partition coefficient (Wildman–Crippen LogP) is 4.32. The van der Waals surface area contributed by atoms with E-state index >= 15 is 0 Å². The summed E-state index contributed by atoms with van der Waals surface area (Å²) in [4.78, 5) is 0. The Hall–Kier alpha value is -1.76. The van der Waals surface area contributed by atoms with Gasteiger partial charge in [0.1, 0.15) is 0 Å². The minimum Gasteiger partial charge on any atom is -0.388 e. The Labute approximate surface area is 103 Å². The van der Waals surface area contributed by atoms with Gasteiger partial charge in [-0.3, -0.25) is 0 Å². The van der Waals surface area contributed by atoms with E-state index in [2.05, 4.69) is 62.5 Å². The number of hydrogen-bond donors (Lipinski definition) is 1. The van der Waals surface area contributed by atoms with E-state index in [9.17, 15) is 0 Å². The van der Waals surface area contributed by atoms with Crippen LogP contribution in [0.2, 0.25) is 0 Å². The fourth-order valence-electron chi connectivity index (χ4n) is 2.13. The van der Waals surface area contributed by atoms with Crippen LogP contribution < -0.4 is 5.32 Å². The molecule has 88 valence electrons. The maximum absolute atomic E-state index is 3.22. The molecule has 0 aliphatic carbocycles. The van der Waals surface area contributed by atoms with Gasteiger partial charge in [-0.2, -0.15) is 0 Å². The number of hydrogen-bond acceptors (Lipinski definition) is 1. The van der Waals surface area contributed by atoms with Crippen LogP contribution in [0.1, 0.15) is 16.7 Å². The zero-order chi connectivity index (χ0) is 12.4. The first-order valence-corrected chi connectivity index (χ1v) is 5.98. The lowest BCUT2D eigenvalue weighted by Crippen LogP contribution is -1.94. The molecule has 1 heteroatoms. The quantitative estimate of drug-likeness (QED) is 0.802. The molecular formula is C16H19N. The SMILES string of the molecule is CNc1cc(C)c(-c2ccc(C)cc2)cc1C. The van der Waals surface area contributed by atoms with E-state index in [1.807, 2.05) is 7.05 Å². The van der Waals surface area contributed by atoms with Crippen LogP contribution in [-0.4, -0.2) is 7.05 Å². The molecular weight excluding hydrogens is 206 g/mol. The lowest BCUT2D eigenvalue weighted by atomic mass is 9.96. The summed E-state index contributed by atoms with van der Waals surface area (Å²) in [6, 6.07) is 13.2. The molecule has 0 heterocycles. The molecule has 0 unspecified atom stereocenters. The molecule has 0 aromatic heterocycles. The number of anilines is 1. The third-order valence-corrected chi connectivity index (χ3v) is 3.20. The Morgan fingerprint density at radius 3 is 2.06 bits per heavy atom. The van der Waals surface area contributed by atoms with Gasteiger partial charge in [0.2, 0.25) is 0 Å². The molecule has 2 aromatic carbocycles. The second kappa shape index (κ2) is 4.62. The van der Waals surface area contributed by atoms with Gasteiger partial charge in [-0.1, -0.05) is 29.8 Å². The maximum atomic E-state index is 3.22. The molecule has 0 amide bonds. The van der Waals surface area contributed by atoms with Crippen molar-refractivity contribution in [1.82, 2.24) is 0 Å². The number of benzene rings is 2. The number of nitrogens with one attached hydrogen (secondary N) is 1. The molecule has 17 heavy (non-hydrogen) atoms. The van der Waals surface area contributed by atoms with Gasteiger partial charge in [0, 0.05) is 12.7 Å². The lowest BCUT2D eigenvalue weighted by Gasteiger charge is -2.12. The highest BCUT2D eigenvalue weighted by Crippen LogP contribution is 2.28. The normalized spacial score (nSPS) is 10.4.